The zero-order chi connectivity index (χ0) is 22.6. The molecule has 1 saturated carbocycles. The number of nitrogens with zero attached hydrogens (tertiary/aromatic N) is 2. The Kier molecular flexibility index (Phi) is 7.54. The number of rotatable bonds is 6. The maximum Gasteiger partial charge on any atom is 0.251 e. The maximum absolute atomic E-state index is 13.2. The summed E-state index contributed by atoms with van der Waals surface area (Å²) in [4.78, 5) is 15.9. The number of hydrogen-bond donors (Lipinski definition) is 1. The molecule has 32 heavy (non-hydrogen) atoms. The predicted octanol–water partition coefficient (Wildman–Crippen LogP) is 2.93. The molecule has 4 rings (SSSR count). The Hall–Kier alpha value is -1.48. The van der Waals surface area contributed by atoms with Crippen LogP contribution in [0.25, 0.3) is 0 Å². The molecule has 7 nitrogen and oxygen atoms in total. The van der Waals surface area contributed by atoms with Gasteiger partial charge in [-0.2, -0.15) is 4.31 Å². The Morgan fingerprint density at radius 3 is 2.34 bits per heavy atom. The highest BCUT2D eigenvalue weighted by atomic mass is 32.2. The van der Waals surface area contributed by atoms with Gasteiger partial charge in [0.1, 0.15) is 0 Å². The van der Waals surface area contributed by atoms with Gasteiger partial charge in [-0.1, -0.05) is 31.7 Å². The Morgan fingerprint density at radius 1 is 1.00 bits per heavy atom. The number of piperidine rings is 1. The van der Waals surface area contributed by atoms with Gasteiger partial charge in [0.25, 0.3) is 5.91 Å². The molecule has 1 aromatic carbocycles. The van der Waals surface area contributed by atoms with Crippen molar-refractivity contribution in [2.24, 2.45) is 0 Å². The molecule has 0 unspecified atom stereocenters. The Labute approximate surface area is 192 Å². The number of carbonyl (C=O) groups excluding carboxylic acids is 1. The van der Waals surface area contributed by atoms with Crippen molar-refractivity contribution in [3.05, 3.63) is 29.3 Å². The van der Waals surface area contributed by atoms with Crippen molar-refractivity contribution in [3.8, 4) is 0 Å². The van der Waals surface area contributed by atoms with Gasteiger partial charge in [0.15, 0.2) is 0 Å². The van der Waals surface area contributed by atoms with Crippen LogP contribution in [0.2, 0.25) is 0 Å². The molecule has 8 heteroatoms. The molecule has 1 amide bonds. The number of sulfonamides is 1. The second kappa shape index (κ2) is 10.2. The summed E-state index contributed by atoms with van der Waals surface area (Å²) in [5.41, 5.74) is 1.23. The molecule has 0 spiro atoms. The lowest BCUT2D eigenvalue weighted by Gasteiger charge is -2.48. The van der Waals surface area contributed by atoms with Crippen LogP contribution in [-0.4, -0.2) is 75.0 Å². The Balaban J connectivity index is 1.50. The van der Waals surface area contributed by atoms with Gasteiger partial charge < -0.3 is 10.1 Å². The number of aryl methyl sites for hydroxylation is 1. The molecule has 2 saturated heterocycles. The molecular weight excluding hydrogens is 426 g/mol. The molecule has 2 aliphatic heterocycles. The minimum Gasteiger partial charge on any atom is -0.379 e. The summed E-state index contributed by atoms with van der Waals surface area (Å²) < 4.78 is 33.3. The quantitative estimate of drug-likeness (QED) is 0.702. The molecule has 0 bridgehead atoms. The lowest BCUT2D eigenvalue weighted by Crippen LogP contribution is -2.59. The van der Waals surface area contributed by atoms with Crippen LogP contribution in [0.5, 0.6) is 0 Å². The van der Waals surface area contributed by atoms with Gasteiger partial charge in [0, 0.05) is 43.8 Å². The normalized spacial score (nSPS) is 23.0. The second-order valence-electron chi connectivity index (χ2n) is 9.51. The van der Waals surface area contributed by atoms with Crippen LogP contribution < -0.4 is 5.32 Å². The fourth-order valence-corrected chi connectivity index (χ4v) is 7.00. The third-order valence-corrected chi connectivity index (χ3v) is 9.35. The van der Waals surface area contributed by atoms with E-state index in [4.69, 9.17) is 4.74 Å². The number of benzene rings is 1. The van der Waals surface area contributed by atoms with Gasteiger partial charge in [0.05, 0.1) is 18.1 Å². The van der Waals surface area contributed by atoms with Crippen LogP contribution in [-0.2, 0) is 14.8 Å². The summed E-state index contributed by atoms with van der Waals surface area (Å²) in [7, 11) is -3.57. The van der Waals surface area contributed by atoms with Crippen LogP contribution in [0.15, 0.2) is 23.1 Å². The van der Waals surface area contributed by atoms with Crippen molar-refractivity contribution in [1.29, 1.82) is 0 Å². The molecule has 3 fully saturated rings. The smallest absolute Gasteiger partial charge is 0.251 e. The topological polar surface area (TPSA) is 79.0 Å². The highest BCUT2D eigenvalue weighted by Crippen LogP contribution is 2.34. The van der Waals surface area contributed by atoms with E-state index in [0.717, 1.165) is 64.0 Å². The van der Waals surface area contributed by atoms with Crippen molar-refractivity contribution in [2.75, 3.05) is 45.9 Å². The maximum atomic E-state index is 13.2. The van der Waals surface area contributed by atoms with Crippen molar-refractivity contribution in [3.63, 3.8) is 0 Å². The lowest BCUT2D eigenvalue weighted by molar-refractivity contribution is -0.0361. The molecule has 178 valence electrons. The van der Waals surface area contributed by atoms with E-state index >= 15 is 0 Å². The average Bonchev–Trinajstić information content (AvgIpc) is 2.84. The van der Waals surface area contributed by atoms with Gasteiger partial charge in [-0.15, -0.1) is 0 Å². The minimum atomic E-state index is -3.57. The summed E-state index contributed by atoms with van der Waals surface area (Å²) in [5, 5.41) is 3.18. The molecule has 0 aromatic heterocycles. The fraction of sp³-hybridized carbons (Fsp3) is 0.708. The minimum absolute atomic E-state index is 0.0247. The van der Waals surface area contributed by atoms with Gasteiger partial charge >= 0.3 is 0 Å². The molecule has 1 aromatic rings. The summed E-state index contributed by atoms with van der Waals surface area (Å²) in [6.45, 7) is 6.85. The zero-order valence-corrected chi connectivity index (χ0v) is 20.1. The lowest BCUT2D eigenvalue weighted by atomic mass is 9.79. The van der Waals surface area contributed by atoms with Crippen molar-refractivity contribution < 1.29 is 17.9 Å². The van der Waals surface area contributed by atoms with Crippen molar-refractivity contribution >= 4 is 15.9 Å². The number of amides is 1. The van der Waals surface area contributed by atoms with E-state index in [1.54, 1.807) is 22.5 Å². The highest BCUT2D eigenvalue weighted by molar-refractivity contribution is 7.89. The SMILES string of the molecule is Cc1ccc(S(=O)(=O)N2CCCCC2)cc1C(=O)NCC1(N2CCOCC2)CCCCC1. The second-order valence-corrected chi connectivity index (χ2v) is 11.4. The molecule has 0 atom stereocenters. The first-order chi connectivity index (χ1) is 15.4. The summed E-state index contributed by atoms with van der Waals surface area (Å²) in [6, 6.07) is 4.95. The van der Waals surface area contributed by atoms with Crippen LogP contribution in [0, 0.1) is 6.92 Å². The number of carbonyl (C=O) groups is 1. The molecule has 1 aliphatic carbocycles. The van der Waals surface area contributed by atoms with Crippen LogP contribution in [0.1, 0.15) is 67.3 Å². The van der Waals surface area contributed by atoms with E-state index in [1.807, 2.05) is 6.92 Å². The number of morpholine rings is 1. The van der Waals surface area contributed by atoms with Gasteiger partial charge in [-0.05, 0) is 50.3 Å². The molecular formula is C24H37N3O4S. The summed E-state index contributed by atoms with van der Waals surface area (Å²) >= 11 is 0. The van der Waals surface area contributed by atoms with Gasteiger partial charge in [-0.25, -0.2) is 8.42 Å². The van der Waals surface area contributed by atoms with E-state index in [1.165, 1.54) is 19.3 Å². The molecule has 1 N–H and O–H groups in total. The molecule has 2 heterocycles. The van der Waals surface area contributed by atoms with Crippen LogP contribution >= 0.6 is 0 Å². The van der Waals surface area contributed by atoms with Crippen molar-refractivity contribution in [1.82, 2.24) is 14.5 Å². The van der Waals surface area contributed by atoms with Crippen LogP contribution in [0.3, 0.4) is 0 Å². The summed E-state index contributed by atoms with van der Waals surface area (Å²) in [6.07, 6.45) is 8.61. The standard InChI is InChI=1S/C24H37N3O4S/c1-20-8-9-21(32(29,30)27-12-6-3-7-13-27)18-22(20)23(28)25-19-24(10-4-2-5-11-24)26-14-16-31-17-15-26/h8-9,18H,2-7,10-17,19H2,1H3,(H,25,28). The zero-order valence-electron chi connectivity index (χ0n) is 19.3. The highest BCUT2D eigenvalue weighted by Gasteiger charge is 2.39. The van der Waals surface area contributed by atoms with Crippen LogP contribution in [0.4, 0.5) is 0 Å². The third-order valence-electron chi connectivity index (χ3n) is 7.45. The fourth-order valence-electron chi connectivity index (χ4n) is 5.45. The van der Waals surface area contributed by atoms with Crippen molar-refractivity contribution in [2.45, 2.75) is 68.7 Å². The van der Waals surface area contributed by atoms with Gasteiger partial charge in [-0.3, -0.25) is 9.69 Å². The number of nitrogens with one attached hydrogen (secondary N) is 1. The number of ether oxygens (including phenoxy) is 1. The van der Waals surface area contributed by atoms with Gasteiger partial charge in [0.2, 0.25) is 10.0 Å². The third kappa shape index (κ3) is 5.03. The number of hydrogen-bond acceptors (Lipinski definition) is 5. The van der Waals surface area contributed by atoms with E-state index in [2.05, 4.69) is 10.2 Å². The predicted molar refractivity (Wildman–Crippen MR) is 124 cm³/mol. The average molecular weight is 464 g/mol. The first kappa shape index (κ1) is 23.7. The Bertz CT molecular complexity index is 900. The largest absolute Gasteiger partial charge is 0.379 e. The van der Waals surface area contributed by atoms with E-state index in [-0.39, 0.29) is 16.3 Å². The first-order valence-corrected chi connectivity index (χ1v) is 13.6. The monoisotopic (exact) mass is 463 g/mol. The van der Waals surface area contributed by atoms with E-state index in [0.29, 0.717) is 25.2 Å². The summed E-state index contributed by atoms with van der Waals surface area (Å²) in [5.74, 6) is -0.184. The van der Waals surface area contributed by atoms with E-state index < -0.39 is 10.0 Å². The first-order valence-electron chi connectivity index (χ1n) is 12.1. The molecule has 3 aliphatic rings. The molecule has 0 radical (unpaired) electrons. The van der Waals surface area contributed by atoms with E-state index in [9.17, 15) is 13.2 Å². The Morgan fingerprint density at radius 2 is 1.66 bits per heavy atom.